The Labute approximate surface area is 111 Å². The monoisotopic (exact) mass is 266 g/mol. The minimum Gasteiger partial charge on any atom is -0.420 e. The number of hydrogen-bond donors (Lipinski definition) is 1. The van der Waals surface area contributed by atoms with E-state index in [9.17, 15) is 0 Å². The Morgan fingerprint density at radius 2 is 2.11 bits per heavy atom. The Balaban J connectivity index is 1.97. The van der Waals surface area contributed by atoms with Gasteiger partial charge in [-0.3, -0.25) is 0 Å². The molecule has 0 radical (unpaired) electrons. The molecule has 1 N–H and O–H groups in total. The molecular formula is C12H18N4OS. The maximum absolute atomic E-state index is 5.63. The van der Waals surface area contributed by atoms with Crippen LogP contribution in [0.4, 0.5) is 0 Å². The van der Waals surface area contributed by atoms with Gasteiger partial charge in [0, 0.05) is 18.5 Å². The van der Waals surface area contributed by atoms with E-state index >= 15 is 0 Å². The van der Waals surface area contributed by atoms with Gasteiger partial charge in [-0.15, -0.1) is 21.5 Å². The first-order valence-corrected chi connectivity index (χ1v) is 6.81. The van der Waals surface area contributed by atoms with Crippen LogP contribution in [0.2, 0.25) is 0 Å². The molecule has 0 unspecified atom stereocenters. The van der Waals surface area contributed by atoms with Gasteiger partial charge in [0.25, 0.3) is 5.89 Å². The van der Waals surface area contributed by atoms with Gasteiger partial charge >= 0.3 is 0 Å². The van der Waals surface area contributed by atoms with Gasteiger partial charge in [-0.05, 0) is 27.7 Å². The van der Waals surface area contributed by atoms with E-state index < -0.39 is 0 Å². The zero-order chi connectivity index (χ0) is 13.2. The molecule has 0 fully saturated rings. The third-order valence-corrected chi connectivity index (χ3v) is 3.32. The average Bonchev–Trinajstić information content (AvgIpc) is 2.84. The van der Waals surface area contributed by atoms with Gasteiger partial charge in [0.1, 0.15) is 4.88 Å². The fourth-order valence-corrected chi connectivity index (χ4v) is 2.22. The molecule has 98 valence electrons. The minimum absolute atomic E-state index is 0.108. The first kappa shape index (κ1) is 13.2. The third-order valence-electron chi connectivity index (χ3n) is 2.40. The molecule has 2 rings (SSSR count). The number of rotatable bonds is 4. The number of aromatic nitrogens is 3. The number of aryl methyl sites for hydroxylation is 1. The van der Waals surface area contributed by atoms with Crippen LogP contribution in [0, 0.1) is 6.92 Å². The largest absolute Gasteiger partial charge is 0.420 e. The van der Waals surface area contributed by atoms with Crippen molar-refractivity contribution >= 4 is 11.3 Å². The van der Waals surface area contributed by atoms with Crippen molar-refractivity contribution in [3.63, 3.8) is 0 Å². The molecular weight excluding hydrogens is 248 g/mol. The predicted molar refractivity (Wildman–Crippen MR) is 71.6 cm³/mol. The maximum Gasteiger partial charge on any atom is 0.259 e. The standard InChI is InChI=1S/C12H18N4OS/c1-8-10(18-7-13-8)11-16-15-9(17-11)5-6-14-12(2,3)4/h7,14H,5-6H2,1-4H3. The highest BCUT2D eigenvalue weighted by molar-refractivity contribution is 7.13. The first-order chi connectivity index (χ1) is 8.46. The minimum atomic E-state index is 0.108. The molecule has 0 saturated heterocycles. The van der Waals surface area contributed by atoms with Crippen molar-refractivity contribution in [3.8, 4) is 10.8 Å². The Bertz CT molecular complexity index is 512. The molecule has 5 nitrogen and oxygen atoms in total. The van der Waals surface area contributed by atoms with Crippen molar-refractivity contribution in [2.75, 3.05) is 6.54 Å². The summed E-state index contributed by atoms with van der Waals surface area (Å²) in [6, 6.07) is 0. The molecule has 0 spiro atoms. The second-order valence-electron chi connectivity index (χ2n) is 5.19. The van der Waals surface area contributed by atoms with Crippen molar-refractivity contribution in [1.29, 1.82) is 0 Å². The van der Waals surface area contributed by atoms with Crippen LogP contribution in [0.15, 0.2) is 9.93 Å². The lowest BCUT2D eigenvalue weighted by Gasteiger charge is -2.19. The molecule has 18 heavy (non-hydrogen) atoms. The lowest BCUT2D eigenvalue weighted by molar-refractivity contribution is 0.412. The Kier molecular flexibility index (Phi) is 3.77. The topological polar surface area (TPSA) is 63.8 Å². The van der Waals surface area contributed by atoms with Crippen LogP contribution in [-0.4, -0.2) is 27.3 Å². The zero-order valence-electron chi connectivity index (χ0n) is 11.1. The average molecular weight is 266 g/mol. The molecule has 0 saturated carbocycles. The highest BCUT2D eigenvalue weighted by atomic mass is 32.1. The van der Waals surface area contributed by atoms with Crippen molar-refractivity contribution in [2.24, 2.45) is 0 Å². The van der Waals surface area contributed by atoms with Crippen molar-refractivity contribution in [2.45, 2.75) is 39.7 Å². The second kappa shape index (κ2) is 5.16. The van der Waals surface area contributed by atoms with Crippen LogP contribution in [0.3, 0.4) is 0 Å². The number of nitrogens with one attached hydrogen (secondary N) is 1. The summed E-state index contributed by atoms with van der Waals surface area (Å²) in [6.45, 7) is 9.16. The number of hydrogen-bond acceptors (Lipinski definition) is 6. The number of nitrogens with zero attached hydrogens (tertiary/aromatic N) is 3. The highest BCUT2D eigenvalue weighted by Gasteiger charge is 2.14. The van der Waals surface area contributed by atoms with E-state index in [2.05, 4.69) is 41.3 Å². The van der Waals surface area contributed by atoms with Gasteiger partial charge in [0.2, 0.25) is 5.89 Å². The first-order valence-electron chi connectivity index (χ1n) is 5.93. The summed E-state index contributed by atoms with van der Waals surface area (Å²) < 4.78 is 5.63. The SMILES string of the molecule is Cc1ncsc1-c1nnc(CCNC(C)(C)C)o1. The molecule has 0 aliphatic carbocycles. The van der Waals surface area contributed by atoms with Crippen molar-refractivity contribution in [1.82, 2.24) is 20.5 Å². The van der Waals surface area contributed by atoms with Crippen molar-refractivity contribution in [3.05, 3.63) is 17.1 Å². The summed E-state index contributed by atoms with van der Waals surface area (Å²) in [7, 11) is 0. The maximum atomic E-state index is 5.63. The van der Waals surface area contributed by atoms with Crippen LogP contribution >= 0.6 is 11.3 Å². The van der Waals surface area contributed by atoms with Gasteiger partial charge in [-0.2, -0.15) is 0 Å². The number of thiazole rings is 1. The molecule has 2 aromatic rings. The molecule has 2 heterocycles. The fourth-order valence-electron chi connectivity index (χ4n) is 1.50. The van der Waals surface area contributed by atoms with E-state index in [1.54, 1.807) is 5.51 Å². The van der Waals surface area contributed by atoms with E-state index in [1.165, 1.54) is 11.3 Å². The lowest BCUT2D eigenvalue weighted by atomic mass is 10.1. The van der Waals surface area contributed by atoms with Crippen molar-refractivity contribution < 1.29 is 4.42 Å². The highest BCUT2D eigenvalue weighted by Crippen LogP contribution is 2.25. The van der Waals surface area contributed by atoms with Gasteiger partial charge < -0.3 is 9.73 Å². The quantitative estimate of drug-likeness (QED) is 0.920. The normalized spacial score (nSPS) is 12.0. The van der Waals surface area contributed by atoms with E-state index in [-0.39, 0.29) is 5.54 Å². The van der Waals surface area contributed by atoms with E-state index in [4.69, 9.17) is 4.42 Å². The third kappa shape index (κ3) is 3.36. The summed E-state index contributed by atoms with van der Waals surface area (Å²) in [4.78, 5) is 5.13. The zero-order valence-corrected chi connectivity index (χ0v) is 12.0. The second-order valence-corrected chi connectivity index (χ2v) is 6.05. The van der Waals surface area contributed by atoms with Gasteiger partial charge in [0.05, 0.1) is 11.2 Å². The molecule has 0 aliphatic rings. The van der Waals surface area contributed by atoms with E-state index in [0.717, 1.165) is 23.5 Å². The van der Waals surface area contributed by atoms with Gasteiger partial charge in [-0.25, -0.2) is 4.98 Å². The Morgan fingerprint density at radius 3 is 2.72 bits per heavy atom. The van der Waals surface area contributed by atoms with Crippen LogP contribution in [-0.2, 0) is 6.42 Å². The summed E-state index contributed by atoms with van der Waals surface area (Å²) in [5.41, 5.74) is 2.83. The smallest absolute Gasteiger partial charge is 0.259 e. The van der Waals surface area contributed by atoms with Gasteiger partial charge in [0.15, 0.2) is 0 Å². The van der Waals surface area contributed by atoms with Crippen LogP contribution < -0.4 is 5.32 Å². The lowest BCUT2D eigenvalue weighted by Crippen LogP contribution is -2.37. The molecule has 0 aliphatic heterocycles. The Hall–Kier alpha value is -1.27. The summed E-state index contributed by atoms with van der Waals surface area (Å²) in [6.07, 6.45) is 0.738. The molecule has 0 bridgehead atoms. The van der Waals surface area contributed by atoms with Crippen LogP contribution in [0.25, 0.3) is 10.8 Å². The molecule has 2 aromatic heterocycles. The van der Waals surface area contributed by atoms with E-state index in [1.807, 2.05) is 6.92 Å². The van der Waals surface area contributed by atoms with Crippen LogP contribution in [0.1, 0.15) is 32.4 Å². The Morgan fingerprint density at radius 1 is 1.33 bits per heavy atom. The predicted octanol–water partition coefficient (Wildman–Crippen LogP) is 2.43. The summed E-state index contributed by atoms with van der Waals surface area (Å²) in [5, 5.41) is 11.5. The molecule has 0 amide bonds. The summed E-state index contributed by atoms with van der Waals surface area (Å²) in [5.74, 6) is 1.23. The molecule has 0 atom stereocenters. The van der Waals surface area contributed by atoms with Gasteiger partial charge in [-0.1, -0.05) is 0 Å². The van der Waals surface area contributed by atoms with E-state index in [0.29, 0.717) is 11.8 Å². The summed E-state index contributed by atoms with van der Waals surface area (Å²) >= 11 is 1.52. The molecule has 6 heteroatoms. The fraction of sp³-hybridized carbons (Fsp3) is 0.583. The molecule has 0 aromatic carbocycles. The van der Waals surface area contributed by atoms with Crippen LogP contribution in [0.5, 0.6) is 0 Å².